The van der Waals surface area contributed by atoms with Crippen LogP contribution in [0.5, 0.6) is 5.75 Å². The summed E-state index contributed by atoms with van der Waals surface area (Å²) in [7, 11) is 0. The second-order valence-corrected chi connectivity index (χ2v) is 9.73. The van der Waals surface area contributed by atoms with E-state index in [0.29, 0.717) is 42.1 Å². The van der Waals surface area contributed by atoms with Crippen LogP contribution in [-0.4, -0.2) is 34.5 Å². The molecule has 0 fully saturated rings. The van der Waals surface area contributed by atoms with E-state index in [0.717, 1.165) is 29.5 Å². The molecule has 7 nitrogen and oxygen atoms in total. The molecule has 43 heavy (non-hydrogen) atoms. The van der Waals surface area contributed by atoms with E-state index in [-0.39, 0.29) is 12.1 Å². The smallest absolute Gasteiger partial charge is 0.419 e. The lowest BCUT2D eigenvalue weighted by atomic mass is 10.0. The fourth-order valence-electron chi connectivity index (χ4n) is 4.32. The van der Waals surface area contributed by atoms with Crippen molar-refractivity contribution in [1.82, 2.24) is 10.3 Å². The number of alkyl halides is 3. The predicted molar refractivity (Wildman–Crippen MR) is 150 cm³/mol. The molecule has 4 rings (SSSR count). The number of rotatable bonds is 12. The summed E-state index contributed by atoms with van der Waals surface area (Å²) in [6, 6.07) is 17.6. The van der Waals surface area contributed by atoms with Gasteiger partial charge < -0.3 is 19.6 Å². The van der Waals surface area contributed by atoms with Crippen LogP contribution in [-0.2, 0) is 23.8 Å². The molecule has 1 atom stereocenters. The lowest BCUT2D eigenvalue weighted by Gasteiger charge is -2.17. The molecule has 11 heteroatoms. The summed E-state index contributed by atoms with van der Waals surface area (Å²) in [6.45, 7) is 3.55. The molecule has 1 heterocycles. The standard InChI is InChI=1S/C32H28F4N2O5/c1-19(17-28(39)24-9-6-10-25(29(24)33)32(34,35)36)37-27(31(40)41)18-21-11-13-23(14-12-21)42-16-15-26-20(2)43-30(38-26)22-7-4-3-5-8-22/h3-14,17,27,37H,15-16,18H2,1-2H3,(H,40,41)/b19-17-. The first kappa shape index (κ1) is 31.0. The van der Waals surface area contributed by atoms with Crippen LogP contribution in [0.3, 0.4) is 0 Å². The molecule has 0 bridgehead atoms. The Balaban J connectivity index is 1.33. The molecule has 0 saturated carbocycles. The van der Waals surface area contributed by atoms with E-state index in [1.807, 2.05) is 37.3 Å². The van der Waals surface area contributed by atoms with Crippen molar-refractivity contribution in [1.29, 1.82) is 0 Å². The number of carbonyl (C=O) groups excluding carboxylic acids is 1. The van der Waals surface area contributed by atoms with Gasteiger partial charge in [-0.2, -0.15) is 13.2 Å². The van der Waals surface area contributed by atoms with Gasteiger partial charge in [-0.1, -0.05) is 36.4 Å². The number of nitrogens with zero attached hydrogens (tertiary/aromatic N) is 1. The summed E-state index contributed by atoms with van der Waals surface area (Å²) < 4.78 is 64.9. The van der Waals surface area contributed by atoms with Gasteiger partial charge in [0.15, 0.2) is 5.78 Å². The minimum Gasteiger partial charge on any atom is -0.493 e. The lowest BCUT2D eigenvalue weighted by Crippen LogP contribution is -2.37. The third-order valence-corrected chi connectivity index (χ3v) is 6.50. The van der Waals surface area contributed by atoms with Crippen LogP contribution in [0.2, 0.25) is 0 Å². The molecular weight excluding hydrogens is 568 g/mol. The summed E-state index contributed by atoms with van der Waals surface area (Å²) >= 11 is 0. The van der Waals surface area contributed by atoms with Gasteiger partial charge in [0.25, 0.3) is 0 Å². The van der Waals surface area contributed by atoms with Crippen LogP contribution in [0.4, 0.5) is 17.6 Å². The number of halogens is 4. The third-order valence-electron chi connectivity index (χ3n) is 6.50. The van der Waals surface area contributed by atoms with Gasteiger partial charge in [-0.3, -0.25) is 4.79 Å². The van der Waals surface area contributed by atoms with E-state index in [1.54, 1.807) is 24.3 Å². The quantitative estimate of drug-likeness (QED) is 0.105. The summed E-state index contributed by atoms with van der Waals surface area (Å²) in [5.74, 6) is -2.13. The predicted octanol–water partition coefficient (Wildman–Crippen LogP) is 6.80. The molecule has 0 aliphatic heterocycles. The van der Waals surface area contributed by atoms with E-state index in [9.17, 15) is 32.3 Å². The Morgan fingerprint density at radius 3 is 2.40 bits per heavy atom. The molecular formula is C32H28F4N2O5. The highest BCUT2D eigenvalue weighted by atomic mass is 19.4. The number of carboxylic acids is 1. The summed E-state index contributed by atoms with van der Waals surface area (Å²) in [5, 5.41) is 12.3. The maximum absolute atomic E-state index is 14.3. The molecule has 1 aromatic heterocycles. The second kappa shape index (κ2) is 13.4. The number of nitrogens with one attached hydrogen (secondary N) is 1. The average Bonchev–Trinajstić information content (AvgIpc) is 3.33. The Morgan fingerprint density at radius 2 is 1.74 bits per heavy atom. The molecule has 0 radical (unpaired) electrons. The molecule has 1 unspecified atom stereocenters. The fourth-order valence-corrected chi connectivity index (χ4v) is 4.32. The zero-order chi connectivity index (χ0) is 31.1. The highest BCUT2D eigenvalue weighted by molar-refractivity contribution is 6.05. The van der Waals surface area contributed by atoms with Gasteiger partial charge in [0, 0.05) is 30.2 Å². The number of hydrogen-bond acceptors (Lipinski definition) is 6. The molecule has 0 spiro atoms. The molecule has 4 aromatic rings. The number of aliphatic carboxylic acids is 1. The molecule has 2 N–H and O–H groups in total. The fraction of sp³-hybridized carbons (Fsp3) is 0.219. The van der Waals surface area contributed by atoms with Gasteiger partial charge in [-0.15, -0.1) is 0 Å². The molecule has 0 aliphatic carbocycles. The van der Waals surface area contributed by atoms with Crippen LogP contribution in [0, 0.1) is 12.7 Å². The molecule has 0 saturated heterocycles. The Hall–Kier alpha value is -4.93. The zero-order valence-electron chi connectivity index (χ0n) is 23.2. The Morgan fingerprint density at radius 1 is 1.05 bits per heavy atom. The van der Waals surface area contributed by atoms with Crippen LogP contribution >= 0.6 is 0 Å². The second-order valence-electron chi connectivity index (χ2n) is 9.73. The van der Waals surface area contributed by atoms with Crippen LogP contribution in [0.1, 0.15) is 39.9 Å². The number of benzene rings is 3. The monoisotopic (exact) mass is 596 g/mol. The number of allylic oxidation sites excluding steroid dienone is 2. The van der Waals surface area contributed by atoms with E-state index in [4.69, 9.17) is 9.15 Å². The van der Waals surface area contributed by atoms with Crippen molar-refractivity contribution in [3.8, 4) is 17.2 Å². The number of aromatic nitrogens is 1. The first-order valence-corrected chi connectivity index (χ1v) is 13.2. The van der Waals surface area contributed by atoms with Gasteiger partial charge in [0.1, 0.15) is 23.4 Å². The molecule has 0 amide bonds. The first-order valence-electron chi connectivity index (χ1n) is 13.2. The number of carboxylic acid groups (broad SMARTS) is 1. The maximum Gasteiger partial charge on any atom is 0.419 e. The Bertz CT molecular complexity index is 1610. The minimum absolute atomic E-state index is 0.0211. The van der Waals surface area contributed by atoms with Crippen molar-refractivity contribution < 1.29 is 41.4 Å². The van der Waals surface area contributed by atoms with E-state index in [2.05, 4.69) is 10.3 Å². The number of carbonyl (C=O) groups is 2. The van der Waals surface area contributed by atoms with Crippen molar-refractivity contribution in [2.24, 2.45) is 0 Å². The molecule has 0 aliphatic rings. The number of ketones is 1. The highest BCUT2D eigenvalue weighted by Crippen LogP contribution is 2.32. The van der Waals surface area contributed by atoms with Gasteiger partial charge in [0.2, 0.25) is 5.89 Å². The first-order chi connectivity index (χ1) is 20.4. The molecule has 224 valence electrons. The van der Waals surface area contributed by atoms with Gasteiger partial charge in [-0.25, -0.2) is 14.2 Å². The normalized spacial score (nSPS) is 12.6. The van der Waals surface area contributed by atoms with E-state index in [1.165, 1.54) is 6.92 Å². The van der Waals surface area contributed by atoms with Crippen LogP contribution in [0.15, 0.2) is 89.0 Å². The highest BCUT2D eigenvalue weighted by Gasteiger charge is 2.35. The zero-order valence-corrected chi connectivity index (χ0v) is 23.2. The molecule has 3 aromatic carbocycles. The maximum atomic E-state index is 14.3. The number of oxazole rings is 1. The number of hydrogen-bond donors (Lipinski definition) is 2. The topological polar surface area (TPSA) is 102 Å². The van der Waals surface area contributed by atoms with Crippen molar-refractivity contribution in [3.05, 3.63) is 119 Å². The van der Waals surface area contributed by atoms with Crippen molar-refractivity contribution in [3.63, 3.8) is 0 Å². The van der Waals surface area contributed by atoms with E-state index < -0.39 is 40.9 Å². The number of ether oxygens (including phenoxy) is 1. The SMILES string of the molecule is C/C(=C/C(=O)c1cccc(C(F)(F)F)c1F)NC(Cc1ccc(OCCc2nc(-c3ccccc3)oc2C)cc1)C(=O)O. The van der Waals surface area contributed by atoms with E-state index >= 15 is 0 Å². The van der Waals surface area contributed by atoms with Gasteiger partial charge >= 0.3 is 12.1 Å². The lowest BCUT2D eigenvalue weighted by molar-refractivity contribution is -0.140. The van der Waals surface area contributed by atoms with Gasteiger partial charge in [-0.05, 0) is 55.8 Å². The van der Waals surface area contributed by atoms with Crippen LogP contribution < -0.4 is 10.1 Å². The van der Waals surface area contributed by atoms with Crippen molar-refractivity contribution >= 4 is 11.8 Å². The Kier molecular flexibility index (Phi) is 9.64. The van der Waals surface area contributed by atoms with Crippen molar-refractivity contribution in [2.75, 3.05) is 6.61 Å². The third kappa shape index (κ3) is 8.09. The average molecular weight is 597 g/mol. The summed E-state index contributed by atoms with van der Waals surface area (Å²) in [6.07, 6.45) is -3.56. The van der Waals surface area contributed by atoms with Crippen molar-refractivity contribution in [2.45, 2.75) is 38.9 Å². The summed E-state index contributed by atoms with van der Waals surface area (Å²) in [4.78, 5) is 28.9. The van der Waals surface area contributed by atoms with Gasteiger partial charge in [0.05, 0.1) is 23.4 Å². The Labute approximate surface area is 244 Å². The minimum atomic E-state index is -4.96. The summed E-state index contributed by atoms with van der Waals surface area (Å²) in [5.41, 5.74) is 0.0308. The van der Waals surface area contributed by atoms with Crippen LogP contribution in [0.25, 0.3) is 11.5 Å². The largest absolute Gasteiger partial charge is 0.493 e. The number of aryl methyl sites for hydroxylation is 1.